The van der Waals surface area contributed by atoms with E-state index in [4.69, 9.17) is 4.74 Å². The minimum atomic E-state index is -1.09. The lowest BCUT2D eigenvalue weighted by molar-refractivity contribution is -0.136. The lowest BCUT2D eigenvalue weighted by Gasteiger charge is -2.33. The number of Topliss-reactive ketones (excluding diaryl/α,β-unsaturated/α-hetero) is 1. The van der Waals surface area contributed by atoms with Gasteiger partial charge in [-0.25, -0.2) is 0 Å². The summed E-state index contributed by atoms with van der Waals surface area (Å²) in [6.07, 6.45) is 0.291. The minimum Gasteiger partial charge on any atom is -0.487 e. The molecule has 5 atom stereocenters. The summed E-state index contributed by atoms with van der Waals surface area (Å²) in [6, 6.07) is 13.6. The van der Waals surface area contributed by atoms with Gasteiger partial charge in [0.05, 0.1) is 12.6 Å². The number of hydrogen-bond acceptors (Lipinski definition) is 6. The molecule has 210 valence electrons. The van der Waals surface area contributed by atoms with Gasteiger partial charge in [-0.3, -0.25) is 19.2 Å². The lowest BCUT2D eigenvalue weighted by atomic mass is 9.94. The molecule has 3 amide bonds. The molecule has 4 rings (SSSR count). The molecule has 2 aliphatic heterocycles. The number of ether oxygens (including phenoxy) is 1. The van der Waals surface area contributed by atoms with Crippen LogP contribution in [0.3, 0.4) is 0 Å². The summed E-state index contributed by atoms with van der Waals surface area (Å²) < 4.78 is 6.27. The largest absolute Gasteiger partial charge is 0.487 e. The molecular formula is C30H40N4O5. The highest BCUT2D eigenvalue weighted by molar-refractivity contribution is 6.00. The van der Waals surface area contributed by atoms with E-state index in [0.717, 1.165) is 5.56 Å². The van der Waals surface area contributed by atoms with E-state index in [1.165, 1.54) is 0 Å². The van der Waals surface area contributed by atoms with Crippen molar-refractivity contribution in [3.8, 4) is 5.75 Å². The molecule has 0 aliphatic carbocycles. The van der Waals surface area contributed by atoms with Crippen molar-refractivity contribution in [1.82, 2.24) is 21.3 Å². The molecule has 2 bridgehead atoms. The standard InChI is InChI=1S/C30H40N4O5/c1-6-19(4)25-29(37)32-17-24(35)21-12-14-22(15-13-21)39-27(18(2)3)26(30(38)33-25)34-28(36)23(31-5)16-20-10-8-7-9-11-20/h7-15,18-19,23,25-27,31H,6,16-17H2,1-5H3,(H,32,37)(H,33,38)(H,34,36). The van der Waals surface area contributed by atoms with Crippen LogP contribution in [0, 0.1) is 11.8 Å². The summed E-state index contributed by atoms with van der Waals surface area (Å²) in [5, 5.41) is 11.5. The van der Waals surface area contributed by atoms with Crippen LogP contribution in [0.2, 0.25) is 0 Å². The van der Waals surface area contributed by atoms with Gasteiger partial charge < -0.3 is 26.0 Å². The Hall–Kier alpha value is -3.72. The molecule has 2 aliphatic rings. The number of carbonyl (C=O) groups excluding carboxylic acids is 4. The van der Waals surface area contributed by atoms with E-state index >= 15 is 0 Å². The van der Waals surface area contributed by atoms with Gasteiger partial charge in [-0.15, -0.1) is 0 Å². The Labute approximate surface area is 230 Å². The predicted molar refractivity (Wildman–Crippen MR) is 149 cm³/mol. The molecule has 0 saturated heterocycles. The number of fused-ring (bicyclic) bond motifs is 11. The maximum absolute atomic E-state index is 13.8. The summed E-state index contributed by atoms with van der Waals surface area (Å²) in [5.74, 6) is -1.53. The normalized spacial score (nSPS) is 21.8. The summed E-state index contributed by atoms with van der Waals surface area (Å²) in [5.41, 5.74) is 1.41. The fraction of sp³-hybridized carbons (Fsp3) is 0.467. The first kappa shape index (κ1) is 29.8. The third kappa shape index (κ3) is 7.89. The molecule has 0 radical (unpaired) electrons. The SMILES string of the molecule is CCC(C)C1NC(=O)C(NC(=O)C(Cc2ccccc2)NC)C(C(C)C)Oc2ccc(cc2)C(=O)CNC1=O. The quantitative estimate of drug-likeness (QED) is 0.410. The fourth-order valence-electron chi connectivity index (χ4n) is 4.52. The molecule has 5 unspecified atom stereocenters. The zero-order valence-electron chi connectivity index (χ0n) is 23.3. The van der Waals surface area contributed by atoms with Crippen molar-refractivity contribution in [1.29, 1.82) is 0 Å². The van der Waals surface area contributed by atoms with E-state index in [1.807, 2.05) is 58.0 Å². The number of ketones is 1. The third-order valence-electron chi connectivity index (χ3n) is 7.18. The molecule has 0 spiro atoms. The summed E-state index contributed by atoms with van der Waals surface area (Å²) >= 11 is 0. The van der Waals surface area contributed by atoms with Crippen LogP contribution in [0.4, 0.5) is 0 Å². The lowest BCUT2D eigenvalue weighted by Crippen LogP contribution is -2.62. The predicted octanol–water partition coefficient (Wildman–Crippen LogP) is 2.25. The number of hydrogen-bond donors (Lipinski definition) is 4. The smallest absolute Gasteiger partial charge is 0.247 e. The molecule has 9 nitrogen and oxygen atoms in total. The first-order valence-electron chi connectivity index (χ1n) is 13.5. The second-order valence-electron chi connectivity index (χ2n) is 10.4. The van der Waals surface area contributed by atoms with E-state index in [2.05, 4.69) is 21.3 Å². The van der Waals surface area contributed by atoms with Crippen molar-refractivity contribution in [2.45, 2.75) is 64.8 Å². The van der Waals surface area contributed by atoms with Gasteiger partial charge in [-0.05, 0) is 55.1 Å². The van der Waals surface area contributed by atoms with Crippen LogP contribution in [-0.2, 0) is 20.8 Å². The van der Waals surface area contributed by atoms with Gasteiger partial charge in [0.2, 0.25) is 17.7 Å². The first-order chi connectivity index (χ1) is 18.6. The number of benzene rings is 2. The molecular weight excluding hydrogens is 496 g/mol. The molecule has 0 fully saturated rings. The Morgan fingerprint density at radius 3 is 2.26 bits per heavy atom. The van der Waals surface area contributed by atoms with Crippen molar-refractivity contribution in [2.24, 2.45) is 11.8 Å². The second-order valence-corrected chi connectivity index (χ2v) is 10.4. The Bertz CT molecular complexity index is 1140. The van der Waals surface area contributed by atoms with Gasteiger partial charge in [0, 0.05) is 5.56 Å². The summed E-state index contributed by atoms with van der Waals surface area (Å²) in [4.78, 5) is 53.1. The maximum atomic E-state index is 13.8. The number of rotatable bonds is 8. The van der Waals surface area contributed by atoms with E-state index in [-0.39, 0.29) is 30.1 Å². The monoisotopic (exact) mass is 536 g/mol. The van der Waals surface area contributed by atoms with Gasteiger partial charge in [-0.1, -0.05) is 64.4 Å². The second kappa shape index (κ2) is 13.9. The van der Waals surface area contributed by atoms with Crippen LogP contribution in [0.1, 0.15) is 50.0 Å². The van der Waals surface area contributed by atoms with Gasteiger partial charge >= 0.3 is 0 Å². The van der Waals surface area contributed by atoms with Gasteiger partial charge in [0.15, 0.2) is 5.78 Å². The zero-order valence-corrected chi connectivity index (χ0v) is 23.3. The zero-order chi connectivity index (χ0) is 28.5. The average molecular weight is 537 g/mol. The van der Waals surface area contributed by atoms with Crippen molar-refractivity contribution in [2.75, 3.05) is 13.6 Å². The number of carbonyl (C=O) groups is 4. The van der Waals surface area contributed by atoms with E-state index in [0.29, 0.717) is 24.2 Å². The van der Waals surface area contributed by atoms with Crippen LogP contribution in [0.15, 0.2) is 54.6 Å². The van der Waals surface area contributed by atoms with Crippen LogP contribution in [0.5, 0.6) is 5.75 Å². The Balaban J connectivity index is 1.98. The molecule has 0 aromatic heterocycles. The van der Waals surface area contributed by atoms with Crippen molar-refractivity contribution < 1.29 is 23.9 Å². The van der Waals surface area contributed by atoms with Crippen LogP contribution < -0.4 is 26.0 Å². The fourth-order valence-corrected chi connectivity index (χ4v) is 4.52. The third-order valence-corrected chi connectivity index (χ3v) is 7.18. The Morgan fingerprint density at radius 1 is 1.00 bits per heavy atom. The van der Waals surface area contributed by atoms with Crippen molar-refractivity contribution >= 4 is 23.5 Å². The maximum Gasteiger partial charge on any atom is 0.247 e. The van der Waals surface area contributed by atoms with Gasteiger partial charge in [-0.2, -0.15) is 0 Å². The molecule has 0 saturated carbocycles. The number of nitrogens with one attached hydrogen (secondary N) is 4. The first-order valence-corrected chi connectivity index (χ1v) is 13.5. The molecule has 2 aromatic rings. The van der Waals surface area contributed by atoms with Crippen LogP contribution in [0.25, 0.3) is 0 Å². The molecule has 2 heterocycles. The minimum absolute atomic E-state index is 0.187. The van der Waals surface area contributed by atoms with E-state index < -0.39 is 36.0 Å². The van der Waals surface area contributed by atoms with Gasteiger partial charge in [0.25, 0.3) is 0 Å². The highest BCUT2D eigenvalue weighted by Crippen LogP contribution is 2.21. The Kier molecular flexibility index (Phi) is 10.6. The molecule has 4 N–H and O–H groups in total. The van der Waals surface area contributed by atoms with E-state index in [9.17, 15) is 19.2 Å². The highest BCUT2D eigenvalue weighted by Gasteiger charge is 2.38. The van der Waals surface area contributed by atoms with Crippen LogP contribution in [-0.4, -0.2) is 61.3 Å². The number of likely N-dealkylation sites (N-methyl/N-ethyl adjacent to an activating group) is 1. The van der Waals surface area contributed by atoms with E-state index in [1.54, 1.807) is 31.3 Å². The summed E-state index contributed by atoms with van der Waals surface area (Å²) in [6.45, 7) is 7.38. The van der Waals surface area contributed by atoms with Crippen molar-refractivity contribution in [3.05, 3.63) is 65.7 Å². The number of amides is 3. The van der Waals surface area contributed by atoms with Crippen LogP contribution >= 0.6 is 0 Å². The molecule has 39 heavy (non-hydrogen) atoms. The molecule has 9 heteroatoms. The summed E-state index contributed by atoms with van der Waals surface area (Å²) in [7, 11) is 1.70. The van der Waals surface area contributed by atoms with Crippen molar-refractivity contribution in [3.63, 3.8) is 0 Å². The van der Waals surface area contributed by atoms with Gasteiger partial charge in [0.1, 0.15) is 23.9 Å². The highest BCUT2D eigenvalue weighted by atomic mass is 16.5. The topological polar surface area (TPSA) is 126 Å². The Morgan fingerprint density at radius 2 is 1.67 bits per heavy atom. The average Bonchev–Trinajstić information content (AvgIpc) is 2.94. The molecule has 2 aromatic carbocycles.